The first-order chi connectivity index (χ1) is 8.32. The fourth-order valence-electron chi connectivity index (χ4n) is 1.90. The minimum Gasteiger partial charge on any atom is -0.481 e. The maximum absolute atomic E-state index is 11.6. The Balaban J connectivity index is 2.74. The zero-order chi connectivity index (χ0) is 13.9. The Morgan fingerprint density at radius 2 is 2.00 bits per heavy atom. The molecule has 0 bridgehead atoms. The molecule has 1 fully saturated rings. The topological polar surface area (TPSA) is 138 Å². The van der Waals surface area contributed by atoms with Crippen LogP contribution in [-0.4, -0.2) is 51.5 Å². The monoisotopic (exact) mass is 258 g/mol. The van der Waals surface area contributed by atoms with E-state index in [1.54, 1.807) is 0 Å². The largest absolute Gasteiger partial charge is 0.481 e. The van der Waals surface area contributed by atoms with E-state index in [-0.39, 0.29) is 25.8 Å². The average molecular weight is 258 g/mol. The predicted molar refractivity (Wildman–Crippen MR) is 57.3 cm³/mol. The number of nitrogens with zero attached hydrogens (tertiary/aromatic N) is 1. The Hall–Kier alpha value is -2.12. The number of amides is 2. The third-order valence-corrected chi connectivity index (χ3v) is 2.85. The molecule has 1 rings (SSSR count). The molecule has 100 valence electrons. The quantitative estimate of drug-likeness (QED) is 0.537. The van der Waals surface area contributed by atoms with Crippen molar-refractivity contribution in [1.82, 2.24) is 4.90 Å². The molecule has 0 saturated carbocycles. The summed E-state index contributed by atoms with van der Waals surface area (Å²) in [4.78, 5) is 45.0. The molecular formula is C10H14N2O6. The van der Waals surface area contributed by atoms with Crippen LogP contribution < -0.4 is 5.73 Å². The van der Waals surface area contributed by atoms with Crippen molar-refractivity contribution in [3.63, 3.8) is 0 Å². The minimum absolute atomic E-state index is 0.0647. The van der Waals surface area contributed by atoms with Crippen LogP contribution in [-0.2, 0) is 19.2 Å². The first kappa shape index (κ1) is 13.9. The van der Waals surface area contributed by atoms with E-state index in [1.807, 2.05) is 0 Å². The lowest BCUT2D eigenvalue weighted by Crippen LogP contribution is -2.43. The molecule has 0 radical (unpaired) electrons. The Kier molecular flexibility index (Phi) is 4.24. The van der Waals surface area contributed by atoms with Crippen LogP contribution in [0.2, 0.25) is 0 Å². The van der Waals surface area contributed by atoms with Gasteiger partial charge in [0.25, 0.3) is 0 Å². The highest BCUT2D eigenvalue weighted by molar-refractivity contribution is 5.91. The summed E-state index contributed by atoms with van der Waals surface area (Å²) in [7, 11) is 0. The van der Waals surface area contributed by atoms with Gasteiger partial charge in [-0.3, -0.25) is 14.4 Å². The first-order valence-electron chi connectivity index (χ1n) is 5.36. The molecule has 0 aliphatic carbocycles. The fourth-order valence-corrected chi connectivity index (χ4v) is 1.90. The number of carbonyl (C=O) groups excluding carboxylic acids is 2. The van der Waals surface area contributed by atoms with Gasteiger partial charge in [0.05, 0.1) is 5.92 Å². The predicted octanol–water partition coefficient (Wildman–Crippen LogP) is -1.36. The SMILES string of the molecule is NC(=O)C1CC(=O)N(C(CCC(=O)O)C(=O)O)C1. The zero-order valence-corrected chi connectivity index (χ0v) is 9.54. The van der Waals surface area contributed by atoms with E-state index in [9.17, 15) is 19.2 Å². The molecule has 2 unspecified atom stereocenters. The molecule has 1 aliphatic heterocycles. The summed E-state index contributed by atoms with van der Waals surface area (Å²) in [5.74, 6) is -4.27. The van der Waals surface area contributed by atoms with Crippen molar-refractivity contribution in [2.24, 2.45) is 11.7 Å². The maximum Gasteiger partial charge on any atom is 0.326 e. The van der Waals surface area contributed by atoms with Crippen LogP contribution in [0.3, 0.4) is 0 Å². The van der Waals surface area contributed by atoms with Crippen molar-refractivity contribution in [2.75, 3.05) is 6.54 Å². The first-order valence-corrected chi connectivity index (χ1v) is 5.36. The number of primary amides is 1. The summed E-state index contributed by atoms with van der Waals surface area (Å²) in [6.07, 6.45) is -0.671. The number of nitrogens with two attached hydrogens (primary N) is 1. The summed E-state index contributed by atoms with van der Waals surface area (Å²) >= 11 is 0. The number of hydrogen-bond acceptors (Lipinski definition) is 4. The fraction of sp³-hybridized carbons (Fsp3) is 0.600. The highest BCUT2D eigenvalue weighted by atomic mass is 16.4. The van der Waals surface area contributed by atoms with Crippen molar-refractivity contribution in [2.45, 2.75) is 25.3 Å². The van der Waals surface area contributed by atoms with E-state index in [4.69, 9.17) is 15.9 Å². The number of likely N-dealkylation sites (tertiary alicyclic amines) is 1. The maximum atomic E-state index is 11.6. The van der Waals surface area contributed by atoms with Crippen LogP contribution in [0, 0.1) is 5.92 Å². The highest BCUT2D eigenvalue weighted by Gasteiger charge is 2.39. The van der Waals surface area contributed by atoms with Gasteiger partial charge in [0.15, 0.2) is 0 Å². The van der Waals surface area contributed by atoms with Gasteiger partial charge in [-0.25, -0.2) is 4.79 Å². The standard InChI is InChI=1S/C10H14N2O6/c11-9(16)5-3-7(13)12(4-5)6(10(17)18)1-2-8(14)15/h5-6H,1-4H2,(H2,11,16)(H,14,15)(H,17,18). The molecule has 0 aromatic heterocycles. The number of carboxylic acids is 2. The normalized spacial score (nSPS) is 20.8. The molecule has 8 nitrogen and oxygen atoms in total. The van der Waals surface area contributed by atoms with Gasteiger partial charge < -0.3 is 20.8 Å². The molecule has 0 aromatic rings. The molecule has 0 spiro atoms. The second kappa shape index (κ2) is 5.48. The second-order valence-corrected chi connectivity index (χ2v) is 4.14. The molecule has 1 aliphatic rings. The smallest absolute Gasteiger partial charge is 0.326 e. The third-order valence-electron chi connectivity index (χ3n) is 2.85. The Morgan fingerprint density at radius 1 is 1.39 bits per heavy atom. The Morgan fingerprint density at radius 3 is 2.39 bits per heavy atom. The van der Waals surface area contributed by atoms with Crippen molar-refractivity contribution in [3.05, 3.63) is 0 Å². The molecule has 1 saturated heterocycles. The van der Waals surface area contributed by atoms with Crippen molar-refractivity contribution < 1.29 is 29.4 Å². The zero-order valence-electron chi connectivity index (χ0n) is 9.54. The van der Waals surface area contributed by atoms with E-state index in [1.165, 1.54) is 0 Å². The Bertz CT molecular complexity index is 394. The number of carboxylic acid groups (broad SMARTS) is 2. The molecule has 18 heavy (non-hydrogen) atoms. The van der Waals surface area contributed by atoms with E-state index in [0.29, 0.717) is 0 Å². The number of aliphatic carboxylic acids is 2. The molecule has 8 heteroatoms. The van der Waals surface area contributed by atoms with Gasteiger partial charge in [-0.05, 0) is 6.42 Å². The number of carbonyl (C=O) groups is 4. The molecule has 1 heterocycles. The van der Waals surface area contributed by atoms with Crippen LogP contribution in [0.5, 0.6) is 0 Å². The van der Waals surface area contributed by atoms with E-state index >= 15 is 0 Å². The molecule has 0 aromatic carbocycles. The van der Waals surface area contributed by atoms with E-state index in [0.717, 1.165) is 4.90 Å². The van der Waals surface area contributed by atoms with Gasteiger partial charge in [0, 0.05) is 19.4 Å². The highest BCUT2D eigenvalue weighted by Crippen LogP contribution is 2.22. The summed E-state index contributed by atoms with van der Waals surface area (Å²) in [5.41, 5.74) is 5.06. The van der Waals surface area contributed by atoms with Crippen molar-refractivity contribution in [3.8, 4) is 0 Å². The van der Waals surface area contributed by atoms with Crippen molar-refractivity contribution in [1.29, 1.82) is 0 Å². The molecule has 2 atom stereocenters. The van der Waals surface area contributed by atoms with Crippen molar-refractivity contribution >= 4 is 23.8 Å². The summed E-state index contributed by atoms with van der Waals surface area (Å²) in [5, 5.41) is 17.5. The third kappa shape index (κ3) is 3.19. The van der Waals surface area contributed by atoms with Gasteiger partial charge in [-0.15, -0.1) is 0 Å². The average Bonchev–Trinajstić information content (AvgIpc) is 2.60. The molecule has 2 amide bonds. The van der Waals surface area contributed by atoms with Crippen LogP contribution in [0.4, 0.5) is 0 Å². The van der Waals surface area contributed by atoms with Crippen LogP contribution in [0.25, 0.3) is 0 Å². The lowest BCUT2D eigenvalue weighted by molar-refractivity contribution is -0.149. The summed E-state index contributed by atoms with van der Waals surface area (Å²) < 4.78 is 0. The van der Waals surface area contributed by atoms with Gasteiger partial charge >= 0.3 is 11.9 Å². The van der Waals surface area contributed by atoms with Crippen LogP contribution in [0.15, 0.2) is 0 Å². The second-order valence-electron chi connectivity index (χ2n) is 4.14. The minimum atomic E-state index is -1.28. The van der Waals surface area contributed by atoms with Gasteiger partial charge in [0.2, 0.25) is 11.8 Å². The molecule has 4 N–H and O–H groups in total. The number of hydrogen-bond donors (Lipinski definition) is 3. The van der Waals surface area contributed by atoms with E-state index in [2.05, 4.69) is 0 Å². The van der Waals surface area contributed by atoms with E-state index < -0.39 is 35.7 Å². The van der Waals surface area contributed by atoms with Crippen LogP contribution in [0.1, 0.15) is 19.3 Å². The summed E-state index contributed by atoms with van der Waals surface area (Å²) in [6.45, 7) is -0.0647. The molecular weight excluding hydrogens is 244 g/mol. The van der Waals surface area contributed by atoms with Gasteiger partial charge in [0.1, 0.15) is 6.04 Å². The van der Waals surface area contributed by atoms with Gasteiger partial charge in [-0.2, -0.15) is 0 Å². The summed E-state index contributed by atoms with van der Waals surface area (Å²) in [6, 6.07) is -1.22. The number of rotatable bonds is 6. The Labute approximate surface area is 102 Å². The lowest BCUT2D eigenvalue weighted by atomic mass is 10.1. The van der Waals surface area contributed by atoms with Gasteiger partial charge in [-0.1, -0.05) is 0 Å². The van der Waals surface area contributed by atoms with Crippen LogP contribution >= 0.6 is 0 Å². The lowest BCUT2D eigenvalue weighted by Gasteiger charge is -2.23.